The van der Waals surface area contributed by atoms with Gasteiger partial charge in [-0.15, -0.1) is 0 Å². The summed E-state index contributed by atoms with van der Waals surface area (Å²) in [6.45, 7) is 3.28. The Hall–Kier alpha value is -0.930. The van der Waals surface area contributed by atoms with E-state index in [1.807, 2.05) is 0 Å². The first-order valence-corrected chi connectivity index (χ1v) is 4.80. The average Bonchev–Trinajstić information content (AvgIpc) is 2.56. The van der Waals surface area contributed by atoms with Crippen LogP contribution in [0.25, 0.3) is 0 Å². The van der Waals surface area contributed by atoms with Crippen LogP contribution in [-0.4, -0.2) is 19.6 Å². The van der Waals surface area contributed by atoms with Crippen LogP contribution in [-0.2, 0) is 14.3 Å². The van der Waals surface area contributed by atoms with Crippen molar-refractivity contribution in [1.82, 2.24) is 0 Å². The number of hydrogen-bond acceptors (Lipinski definition) is 5. The maximum atomic E-state index is 9.85. The van der Waals surface area contributed by atoms with Gasteiger partial charge in [-0.05, 0) is 13.3 Å². The third-order valence-electron chi connectivity index (χ3n) is 1.13. The molecule has 0 bridgehead atoms. The van der Waals surface area contributed by atoms with Gasteiger partial charge in [0.15, 0.2) is 0 Å². The molecule has 1 heterocycles. The molecule has 1 aliphatic heterocycles. The van der Waals surface area contributed by atoms with E-state index in [1.54, 1.807) is 13.0 Å². The fourth-order valence-corrected chi connectivity index (χ4v) is 0.770. The van der Waals surface area contributed by atoms with Gasteiger partial charge < -0.3 is 0 Å². The van der Waals surface area contributed by atoms with Crippen molar-refractivity contribution in [3.05, 3.63) is 0 Å². The first-order valence-electron chi connectivity index (χ1n) is 3.33. The summed E-state index contributed by atoms with van der Waals surface area (Å²) in [6.07, 6.45) is 0.552. The van der Waals surface area contributed by atoms with Crippen LogP contribution in [0.4, 0.5) is 0 Å². The average molecular weight is 190 g/mol. The van der Waals surface area contributed by atoms with Gasteiger partial charge in [0.2, 0.25) is 5.44 Å². The van der Waals surface area contributed by atoms with Crippen molar-refractivity contribution in [2.24, 2.45) is 0 Å². The molecule has 0 radical (unpaired) electrons. The van der Waals surface area contributed by atoms with Crippen molar-refractivity contribution in [3.8, 4) is 6.07 Å². The van der Waals surface area contributed by atoms with Gasteiger partial charge in [0.05, 0.1) is 0 Å². The fraction of sp³-hybridized carbons (Fsp3) is 0.667. The summed E-state index contributed by atoms with van der Waals surface area (Å²) in [5.41, 5.74) is -0.382. The summed E-state index contributed by atoms with van der Waals surface area (Å²) in [6, 6.07) is 1.70. The second-order valence-corrected chi connectivity index (χ2v) is 3.94. The smallest absolute Gasteiger partial charge is 0.294 e. The lowest BCUT2D eigenvalue weighted by Crippen LogP contribution is -1.83. The Morgan fingerprint density at radius 1 is 1.75 bits per heavy atom. The van der Waals surface area contributed by atoms with E-state index in [9.17, 15) is 8.42 Å². The largest absolute Gasteiger partial charge is 0.297 e. The molecule has 5 nitrogen and oxygen atoms in total. The summed E-state index contributed by atoms with van der Waals surface area (Å²) < 4.78 is 23.8. The zero-order valence-electron chi connectivity index (χ0n) is 6.86. The first kappa shape index (κ1) is 11.1. The Labute approximate surface area is 71.6 Å². The predicted octanol–water partition coefficient (Wildman–Crippen LogP) is 0.632. The van der Waals surface area contributed by atoms with Crippen LogP contribution in [0.5, 0.6) is 0 Å². The van der Waals surface area contributed by atoms with Crippen LogP contribution in [0.15, 0.2) is 0 Å². The number of hydrogen-bond donors (Lipinski definition) is 1. The molecule has 1 N–H and O–H groups in total. The lowest BCUT2D eigenvalue weighted by atomic mass is 10.3. The molecule has 0 spiro atoms. The van der Waals surface area contributed by atoms with E-state index < -0.39 is 15.6 Å². The Balaban J connectivity index is 0.000000202. The van der Waals surface area contributed by atoms with Crippen molar-refractivity contribution in [3.63, 3.8) is 0 Å². The topological polar surface area (TPSA) is 94.3 Å². The van der Waals surface area contributed by atoms with E-state index in [-0.39, 0.29) is 5.71 Å². The second kappa shape index (κ2) is 4.18. The molecular weight excluding hydrogens is 180 g/mol. The molecule has 0 aromatic carbocycles. The minimum Gasteiger partial charge on any atom is -0.294 e. The van der Waals surface area contributed by atoms with Crippen LogP contribution >= 0.6 is 0 Å². The standard InChI is InChI=1S/C4H6N2.C2H4O3S/c1-2-4(6)3-5;1-2-5-6(2,3)4/h6H,2H2,1H3;2H,1H3. The van der Waals surface area contributed by atoms with Gasteiger partial charge in [0.25, 0.3) is 10.1 Å². The number of nitriles is 1. The summed E-state index contributed by atoms with van der Waals surface area (Å²) in [4.78, 5) is 0. The van der Waals surface area contributed by atoms with Gasteiger partial charge in [0.1, 0.15) is 11.8 Å². The molecule has 6 heteroatoms. The molecule has 0 aromatic heterocycles. The highest BCUT2D eigenvalue weighted by atomic mass is 32.2. The van der Waals surface area contributed by atoms with Crippen molar-refractivity contribution in [2.45, 2.75) is 25.7 Å². The minimum atomic E-state index is -3.00. The molecule has 0 amide bonds. The molecule has 0 aliphatic carbocycles. The summed E-state index contributed by atoms with van der Waals surface area (Å²) in [7, 11) is -3.00. The molecule has 0 aromatic rings. The van der Waals surface area contributed by atoms with Crippen LogP contribution < -0.4 is 0 Å². The molecule has 1 atom stereocenters. The van der Waals surface area contributed by atoms with Crippen LogP contribution in [0.1, 0.15) is 20.3 Å². The van der Waals surface area contributed by atoms with Gasteiger partial charge >= 0.3 is 0 Å². The van der Waals surface area contributed by atoms with Gasteiger partial charge in [-0.3, -0.25) is 5.41 Å². The van der Waals surface area contributed by atoms with E-state index >= 15 is 0 Å². The van der Waals surface area contributed by atoms with Crippen molar-refractivity contribution in [1.29, 1.82) is 10.7 Å². The zero-order valence-corrected chi connectivity index (χ0v) is 7.68. The lowest BCUT2D eigenvalue weighted by molar-refractivity contribution is 0.463. The maximum Gasteiger partial charge on any atom is 0.297 e. The maximum absolute atomic E-state index is 9.85. The minimum absolute atomic E-state index is 0.148. The molecule has 68 valence electrons. The van der Waals surface area contributed by atoms with E-state index in [4.69, 9.17) is 10.7 Å². The molecule has 1 unspecified atom stereocenters. The number of nitrogens with zero attached hydrogens (tertiary/aromatic N) is 1. The molecule has 1 rings (SSSR count). The highest BCUT2D eigenvalue weighted by Gasteiger charge is 2.40. The van der Waals surface area contributed by atoms with E-state index in [2.05, 4.69) is 4.18 Å². The summed E-state index contributed by atoms with van der Waals surface area (Å²) >= 11 is 0. The highest BCUT2D eigenvalue weighted by molar-refractivity contribution is 7.92. The van der Waals surface area contributed by atoms with Gasteiger partial charge in [-0.25, -0.2) is 4.18 Å². The van der Waals surface area contributed by atoms with Crippen LogP contribution in [0, 0.1) is 16.7 Å². The number of nitrogens with one attached hydrogen (secondary N) is 1. The van der Waals surface area contributed by atoms with Crippen molar-refractivity contribution < 1.29 is 12.6 Å². The molecular formula is C6H10N2O3S. The summed E-state index contributed by atoms with van der Waals surface area (Å²) in [5, 5.41) is 14.5. The van der Waals surface area contributed by atoms with Crippen LogP contribution in [0.2, 0.25) is 0 Å². The Morgan fingerprint density at radius 2 is 2.08 bits per heavy atom. The quantitative estimate of drug-likeness (QED) is 0.484. The monoisotopic (exact) mass is 190 g/mol. The number of rotatable bonds is 1. The molecule has 1 fully saturated rings. The third kappa shape index (κ3) is 4.05. The zero-order chi connectivity index (χ0) is 9.78. The highest BCUT2D eigenvalue weighted by Crippen LogP contribution is 2.21. The van der Waals surface area contributed by atoms with E-state index in [0.717, 1.165) is 0 Å². The Morgan fingerprint density at radius 3 is 2.08 bits per heavy atom. The van der Waals surface area contributed by atoms with Crippen molar-refractivity contribution >= 4 is 15.8 Å². The summed E-state index contributed by atoms with van der Waals surface area (Å²) in [5.74, 6) is 0. The fourth-order valence-electron chi connectivity index (χ4n) is 0.245. The van der Waals surface area contributed by atoms with E-state index in [0.29, 0.717) is 6.42 Å². The molecule has 1 saturated heterocycles. The Bertz CT molecular complexity index is 301. The predicted molar refractivity (Wildman–Crippen MR) is 43.1 cm³/mol. The Kier molecular flexibility index (Phi) is 3.86. The molecule has 0 saturated carbocycles. The third-order valence-corrected chi connectivity index (χ3v) is 2.40. The SMILES string of the molecule is CC1OS1(=O)=O.CCC(=N)C#N. The van der Waals surface area contributed by atoms with E-state index in [1.165, 1.54) is 6.92 Å². The lowest BCUT2D eigenvalue weighted by Gasteiger charge is -1.73. The second-order valence-electron chi connectivity index (χ2n) is 2.10. The molecule has 1 aliphatic rings. The molecule has 12 heavy (non-hydrogen) atoms. The van der Waals surface area contributed by atoms with Gasteiger partial charge in [-0.1, -0.05) is 6.92 Å². The van der Waals surface area contributed by atoms with Gasteiger partial charge in [0, 0.05) is 0 Å². The normalized spacial score (nSPS) is 22.9. The van der Waals surface area contributed by atoms with Crippen molar-refractivity contribution in [2.75, 3.05) is 0 Å². The van der Waals surface area contributed by atoms with Crippen LogP contribution in [0.3, 0.4) is 0 Å². The van der Waals surface area contributed by atoms with Gasteiger partial charge in [-0.2, -0.15) is 13.7 Å². The first-order chi connectivity index (χ1) is 5.44.